The Morgan fingerprint density at radius 3 is 2.42 bits per heavy atom. The van der Waals surface area contributed by atoms with E-state index in [0.29, 0.717) is 0 Å². The van der Waals surface area contributed by atoms with Gasteiger partial charge in [0.25, 0.3) is 0 Å². The number of ether oxygens (including phenoxy) is 1. The van der Waals surface area contributed by atoms with Crippen LogP contribution in [0, 0.1) is 11.8 Å². The van der Waals surface area contributed by atoms with Crippen LogP contribution < -0.4 is 0 Å². The topological polar surface area (TPSA) is 26.3 Å². The van der Waals surface area contributed by atoms with Gasteiger partial charge in [0.15, 0.2) is 0 Å². The molecule has 1 unspecified atom stereocenters. The van der Waals surface area contributed by atoms with E-state index in [1.54, 1.807) is 0 Å². The molecule has 2 heteroatoms. The average Bonchev–Trinajstić information content (AvgIpc) is 2.43. The van der Waals surface area contributed by atoms with Crippen LogP contribution in [0.1, 0.15) is 19.4 Å². The summed E-state index contributed by atoms with van der Waals surface area (Å²) in [6.07, 6.45) is 0.731. The van der Waals surface area contributed by atoms with Gasteiger partial charge in [-0.3, -0.25) is 4.79 Å². The third-order valence-corrected chi connectivity index (χ3v) is 3.58. The van der Waals surface area contributed by atoms with Crippen LogP contribution in [0.15, 0.2) is 42.5 Å². The zero-order valence-corrected chi connectivity index (χ0v) is 11.7. The van der Waals surface area contributed by atoms with Gasteiger partial charge in [0.1, 0.15) is 0 Å². The monoisotopic (exact) mass is 256 g/mol. The number of hydrogen-bond acceptors (Lipinski definition) is 2. The second-order valence-electron chi connectivity index (χ2n) is 5.26. The van der Waals surface area contributed by atoms with E-state index < -0.39 is 0 Å². The first-order valence-electron chi connectivity index (χ1n) is 6.67. The molecule has 0 radical (unpaired) electrons. The predicted octanol–water partition coefficient (Wildman–Crippen LogP) is 3.83. The Labute approximate surface area is 114 Å². The summed E-state index contributed by atoms with van der Waals surface area (Å²) in [5, 5.41) is 2.44. The first-order valence-corrected chi connectivity index (χ1v) is 6.67. The molecule has 0 heterocycles. The minimum absolute atomic E-state index is 0.0776. The molecule has 0 amide bonds. The van der Waals surface area contributed by atoms with Crippen molar-refractivity contribution in [3.8, 4) is 0 Å². The lowest BCUT2D eigenvalue weighted by Crippen LogP contribution is -2.23. The molecule has 2 aromatic carbocycles. The zero-order chi connectivity index (χ0) is 13.8. The molecular weight excluding hydrogens is 236 g/mol. The number of esters is 1. The Balaban J connectivity index is 2.26. The first-order chi connectivity index (χ1) is 9.11. The van der Waals surface area contributed by atoms with Gasteiger partial charge in [-0.2, -0.15) is 0 Å². The molecule has 2 nitrogen and oxygen atoms in total. The van der Waals surface area contributed by atoms with Gasteiger partial charge >= 0.3 is 5.97 Å². The molecule has 2 aromatic rings. The molecular formula is C17H20O2. The summed E-state index contributed by atoms with van der Waals surface area (Å²) >= 11 is 0. The molecule has 0 spiro atoms. The smallest absolute Gasteiger partial charge is 0.309 e. The maximum atomic E-state index is 11.8. The van der Waals surface area contributed by atoms with Crippen molar-refractivity contribution in [3.05, 3.63) is 48.0 Å². The molecule has 2 rings (SSSR count). The van der Waals surface area contributed by atoms with Crippen LogP contribution in [-0.4, -0.2) is 13.1 Å². The summed E-state index contributed by atoms with van der Waals surface area (Å²) in [4.78, 5) is 11.8. The molecule has 0 aromatic heterocycles. The zero-order valence-electron chi connectivity index (χ0n) is 11.7. The van der Waals surface area contributed by atoms with Crippen LogP contribution in [0.2, 0.25) is 0 Å². The highest BCUT2D eigenvalue weighted by Crippen LogP contribution is 2.22. The van der Waals surface area contributed by atoms with Crippen LogP contribution in [0.25, 0.3) is 10.8 Å². The van der Waals surface area contributed by atoms with Gasteiger partial charge in [0.05, 0.1) is 13.0 Å². The highest BCUT2D eigenvalue weighted by Gasteiger charge is 2.23. The number of fused-ring (bicyclic) bond motifs is 1. The van der Waals surface area contributed by atoms with E-state index >= 15 is 0 Å². The number of rotatable bonds is 4. The van der Waals surface area contributed by atoms with Crippen LogP contribution in [0.4, 0.5) is 0 Å². The molecule has 0 N–H and O–H groups in total. The fraction of sp³-hybridized carbons (Fsp3) is 0.353. The lowest BCUT2D eigenvalue weighted by atomic mass is 9.88. The van der Waals surface area contributed by atoms with Crippen molar-refractivity contribution in [3.63, 3.8) is 0 Å². The number of hydrogen-bond donors (Lipinski definition) is 0. The minimum atomic E-state index is -0.122. The minimum Gasteiger partial charge on any atom is -0.469 e. The van der Waals surface area contributed by atoms with Gasteiger partial charge in [0.2, 0.25) is 0 Å². The maximum Gasteiger partial charge on any atom is 0.309 e. The molecule has 0 saturated heterocycles. The summed E-state index contributed by atoms with van der Waals surface area (Å²) < 4.78 is 4.89. The number of methoxy groups -OCH3 is 1. The van der Waals surface area contributed by atoms with E-state index in [1.807, 2.05) is 12.1 Å². The Bertz CT molecular complexity index is 572. The average molecular weight is 256 g/mol. The van der Waals surface area contributed by atoms with E-state index in [0.717, 1.165) is 6.42 Å². The molecule has 1 atom stereocenters. The fourth-order valence-corrected chi connectivity index (χ4v) is 2.36. The summed E-state index contributed by atoms with van der Waals surface area (Å²) in [5.41, 5.74) is 1.18. The highest BCUT2D eigenvalue weighted by atomic mass is 16.5. The van der Waals surface area contributed by atoms with Gasteiger partial charge in [-0.1, -0.05) is 56.3 Å². The van der Waals surface area contributed by atoms with Crippen LogP contribution in [-0.2, 0) is 16.0 Å². The molecule has 0 fully saturated rings. The quantitative estimate of drug-likeness (QED) is 0.777. The van der Waals surface area contributed by atoms with E-state index in [4.69, 9.17) is 4.74 Å². The van der Waals surface area contributed by atoms with Crippen molar-refractivity contribution >= 4 is 16.7 Å². The van der Waals surface area contributed by atoms with Crippen molar-refractivity contribution in [2.24, 2.45) is 11.8 Å². The molecule has 19 heavy (non-hydrogen) atoms. The Morgan fingerprint density at radius 2 is 1.79 bits per heavy atom. The van der Waals surface area contributed by atoms with E-state index in [-0.39, 0.29) is 17.8 Å². The van der Waals surface area contributed by atoms with Crippen molar-refractivity contribution in [2.75, 3.05) is 7.11 Å². The largest absolute Gasteiger partial charge is 0.469 e. The molecule has 100 valence electrons. The lowest BCUT2D eigenvalue weighted by Gasteiger charge is -2.18. The normalized spacial score (nSPS) is 12.6. The fourth-order valence-electron chi connectivity index (χ4n) is 2.36. The first kappa shape index (κ1) is 13.6. The van der Waals surface area contributed by atoms with Crippen molar-refractivity contribution in [1.82, 2.24) is 0 Å². The number of benzene rings is 2. The van der Waals surface area contributed by atoms with Gasteiger partial charge in [-0.15, -0.1) is 0 Å². The Hall–Kier alpha value is -1.83. The standard InChI is InChI=1S/C17H20O2/c1-12(2)16(17(18)19-3)11-13-8-9-14-6-4-5-7-15(14)10-13/h4-10,12,16H,11H2,1-3H3. The molecule has 0 aliphatic carbocycles. The highest BCUT2D eigenvalue weighted by molar-refractivity contribution is 5.83. The Kier molecular flexibility index (Phi) is 4.20. The Morgan fingerprint density at radius 1 is 1.11 bits per heavy atom. The SMILES string of the molecule is COC(=O)C(Cc1ccc2ccccc2c1)C(C)C. The van der Waals surface area contributed by atoms with E-state index in [2.05, 4.69) is 44.2 Å². The summed E-state index contributed by atoms with van der Waals surface area (Å²) in [6.45, 7) is 4.12. The molecule has 0 saturated carbocycles. The van der Waals surface area contributed by atoms with E-state index in [9.17, 15) is 4.79 Å². The van der Waals surface area contributed by atoms with Crippen molar-refractivity contribution in [2.45, 2.75) is 20.3 Å². The van der Waals surface area contributed by atoms with Gasteiger partial charge < -0.3 is 4.74 Å². The van der Waals surface area contributed by atoms with E-state index in [1.165, 1.54) is 23.4 Å². The van der Waals surface area contributed by atoms with Crippen LogP contribution in [0.3, 0.4) is 0 Å². The summed E-state index contributed by atoms with van der Waals surface area (Å²) in [5.74, 6) is 0.0771. The lowest BCUT2D eigenvalue weighted by molar-refractivity contribution is -0.146. The van der Waals surface area contributed by atoms with Crippen molar-refractivity contribution in [1.29, 1.82) is 0 Å². The third kappa shape index (κ3) is 3.14. The summed E-state index contributed by atoms with van der Waals surface area (Å²) in [7, 11) is 1.46. The molecule has 0 aliphatic rings. The van der Waals surface area contributed by atoms with Crippen LogP contribution in [0.5, 0.6) is 0 Å². The van der Waals surface area contributed by atoms with Gasteiger partial charge in [0, 0.05) is 0 Å². The molecule has 0 aliphatic heterocycles. The van der Waals surface area contributed by atoms with Crippen LogP contribution >= 0.6 is 0 Å². The predicted molar refractivity (Wildman–Crippen MR) is 78.0 cm³/mol. The maximum absolute atomic E-state index is 11.8. The second-order valence-corrected chi connectivity index (χ2v) is 5.26. The number of carbonyl (C=O) groups is 1. The molecule has 0 bridgehead atoms. The van der Waals surface area contributed by atoms with Gasteiger partial charge in [-0.05, 0) is 28.7 Å². The van der Waals surface area contributed by atoms with Crippen molar-refractivity contribution < 1.29 is 9.53 Å². The van der Waals surface area contributed by atoms with Gasteiger partial charge in [-0.25, -0.2) is 0 Å². The number of carbonyl (C=O) groups excluding carboxylic acids is 1. The third-order valence-electron chi connectivity index (χ3n) is 3.58. The second kappa shape index (κ2) is 5.87. The summed E-state index contributed by atoms with van der Waals surface area (Å²) in [6, 6.07) is 14.6.